The molecule has 7 nitrogen and oxygen atoms in total. The van der Waals surface area contributed by atoms with Crippen molar-refractivity contribution in [3.63, 3.8) is 0 Å². The van der Waals surface area contributed by atoms with E-state index in [4.69, 9.17) is 21.2 Å². The number of aromatic nitrogens is 5. The van der Waals surface area contributed by atoms with Crippen LogP contribution in [0.1, 0.15) is 11.5 Å². The zero-order chi connectivity index (χ0) is 13.9. The minimum absolute atomic E-state index is 0.156. The Balaban J connectivity index is 1.82. The molecule has 0 amide bonds. The number of nitrogens with zero attached hydrogens (tertiary/aromatic N) is 5. The van der Waals surface area contributed by atoms with Crippen LogP contribution in [0.15, 0.2) is 35.0 Å². The standard InChI is InChI=1S/C12H10ClN5O2/c13-10-4-2-1-3-9(10)12-14-11(16-20-12)6-18-5-8(7-19)15-17-18/h1-5,19H,6-7H2. The Morgan fingerprint density at radius 1 is 1.30 bits per heavy atom. The van der Waals surface area contributed by atoms with Gasteiger partial charge in [-0.05, 0) is 12.1 Å². The van der Waals surface area contributed by atoms with Crippen molar-refractivity contribution in [2.45, 2.75) is 13.2 Å². The van der Waals surface area contributed by atoms with Crippen LogP contribution in [-0.4, -0.2) is 30.2 Å². The minimum atomic E-state index is -0.156. The Bertz CT molecular complexity index is 724. The largest absolute Gasteiger partial charge is 0.390 e. The van der Waals surface area contributed by atoms with Crippen molar-refractivity contribution in [2.75, 3.05) is 0 Å². The van der Waals surface area contributed by atoms with E-state index >= 15 is 0 Å². The van der Waals surface area contributed by atoms with Crippen LogP contribution < -0.4 is 0 Å². The molecule has 3 aromatic rings. The van der Waals surface area contributed by atoms with Crippen LogP contribution in [0.2, 0.25) is 5.02 Å². The van der Waals surface area contributed by atoms with Crippen molar-refractivity contribution in [3.05, 3.63) is 47.0 Å². The number of halogens is 1. The van der Waals surface area contributed by atoms with Crippen LogP contribution in [0.25, 0.3) is 11.5 Å². The number of hydrogen-bond donors (Lipinski definition) is 1. The smallest absolute Gasteiger partial charge is 0.259 e. The molecule has 0 aliphatic rings. The van der Waals surface area contributed by atoms with E-state index in [0.717, 1.165) is 0 Å². The van der Waals surface area contributed by atoms with Crippen molar-refractivity contribution < 1.29 is 9.63 Å². The van der Waals surface area contributed by atoms with Crippen LogP contribution in [0.5, 0.6) is 0 Å². The Hall–Kier alpha value is -2.25. The summed E-state index contributed by atoms with van der Waals surface area (Å²) in [5, 5.41) is 20.9. The van der Waals surface area contributed by atoms with Gasteiger partial charge >= 0.3 is 0 Å². The third kappa shape index (κ3) is 2.54. The molecule has 0 aliphatic carbocycles. The third-order valence-corrected chi connectivity index (χ3v) is 2.95. The molecular formula is C12H10ClN5O2. The van der Waals surface area contributed by atoms with Crippen molar-refractivity contribution in [3.8, 4) is 11.5 Å². The summed E-state index contributed by atoms with van der Waals surface area (Å²) in [4.78, 5) is 4.26. The molecule has 0 aliphatic heterocycles. The van der Waals surface area contributed by atoms with Gasteiger partial charge in [0.2, 0.25) is 0 Å². The highest BCUT2D eigenvalue weighted by Gasteiger charge is 2.12. The predicted octanol–water partition coefficient (Wildman–Crippen LogP) is 1.52. The SMILES string of the molecule is OCc1cn(Cc2noc(-c3ccccc3Cl)n2)nn1. The van der Waals surface area contributed by atoms with E-state index in [1.807, 2.05) is 12.1 Å². The summed E-state index contributed by atoms with van der Waals surface area (Å²) in [7, 11) is 0. The summed E-state index contributed by atoms with van der Waals surface area (Å²) < 4.78 is 6.70. The van der Waals surface area contributed by atoms with E-state index in [0.29, 0.717) is 34.5 Å². The van der Waals surface area contributed by atoms with Gasteiger partial charge in [-0.1, -0.05) is 34.1 Å². The molecule has 0 atom stereocenters. The fourth-order valence-electron chi connectivity index (χ4n) is 1.70. The molecule has 102 valence electrons. The van der Waals surface area contributed by atoms with Gasteiger partial charge < -0.3 is 9.63 Å². The topological polar surface area (TPSA) is 89.9 Å². The maximum Gasteiger partial charge on any atom is 0.259 e. The zero-order valence-corrected chi connectivity index (χ0v) is 11.0. The molecule has 3 rings (SSSR count). The van der Waals surface area contributed by atoms with E-state index in [1.54, 1.807) is 18.3 Å². The van der Waals surface area contributed by atoms with E-state index < -0.39 is 0 Å². The summed E-state index contributed by atoms with van der Waals surface area (Å²) in [6.45, 7) is 0.151. The average molecular weight is 292 g/mol. The summed E-state index contributed by atoms with van der Waals surface area (Å²) in [5.41, 5.74) is 1.17. The number of aliphatic hydroxyl groups excluding tert-OH is 1. The maximum atomic E-state index is 8.92. The van der Waals surface area contributed by atoms with Crippen LogP contribution in [0, 0.1) is 0 Å². The lowest BCUT2D eigenvalue weighted by atomic mass is 10.2. The van der Waals surface area contributed by atoms with Gasteiger partial charge in [0.1, 0.15) is 12.2 Å². The molecule has 0 unspecified atom stereocenters. The van der Waals surface area contributed by atoms with Gasteiger partial charge in [0.15, 0.2) is 5.82 Å². The monoisotopic (exact) mass is 291 g/mol. The molecule has 20 heavy (non-hydrogen) atoms. The van der Waals surface area contributed by atoms with Crippen molar-refractivity contribution in [1.82, 2.24) is 25.1 Å². The molecular weight excluding hydrogens is 282 g/mol. The van der Waals surface area contributed by atoms with Gasteiger partial charge in [0.05, 0.1) is 23.4 Å². The van der Waals surface area contributed by atoms with Crippen LogP contribution in [0.3, 0.4) is 0 Å². The highest BCUT2D eigenvalue weighted by atomic mass is 35.5. The van der Waals surface area contributed by atoms with Gasteiger partial charge in [-0.25, -0.2) is 4.68 Å². The van der Waals surface area contributed by atoms with Gasteiger partial charge in [-0.15, -0.1) is 5.10 Å². The fraction of sp³-hybridized carbons (Fsp3) is 0.167. The Morgan fingerprint density at radius 2 is 2.15 bits per heavy atom. The Kier molecular flexibility index (Phi) is 3.44. The van der Waals surface area contributed by atoms with Gasteiger partial charge in [0.25, 0.3) is 5.89 Å². The van der Waals surface area contributed by atoms with E-state index in [1.165, 1.54) is 4.68 Å². The van der Waals surface area contributed by atoms with Crippen molar-refractivity contribution >= 4 is 11.6 Å². The third-order valence-electron chi connectivity index (χ3n) is 2.62. The van der Waals surface area contributed by atoms with Crippen LogP contribution in [-0.2, 0) is 13.2 Å². The molecule has 1 aromatic carbocycles. The predicted molar refractivity (Wildman–Crippen MR) is 69.8 cm³/mol. The summed E-state index contributed by atoms with van der Waals surface area (Å²) in [6.07, 6.45) is 1.62. The first-order valence-corrected chi connectivity index (χ1v) is 6.21. The first kappa shape index (κ1) is 12.8. The second kappa shape index (κ2) is 5.40. The lowest BCUT2D eigenvalue weighted by Crippen LogP contribution is -2.02. The molecule has 0 spiro atoms. The molecule has 0 radical (unpaired) electrons. The molecule has 2 heterocycles. The molecule has 0 bridgehead atoms. The van der Waals surface area contributed by atoms with Gasteiger partial charge in [-0.2, -0.15) is 4.98 Å². The number of hydrogen-bond acceptors (Lipinski definition) is 6. The van der Waals surface area contributed by atoms with E-state index in [9.17, 15) is 0 Å². The summed E-state index contributed by atoms with van der Waals surface area (Å²) >= 11 is 6.07. The Labute approximate surface area is 118 Å². The molecule has 1 N–H and O–H groups in total. The first-order chi connectivity index (χ1) is 9.76. The van der Waals surface area contributed by atoms with Crippen molar-refractivity contribution in [2.24, 2.45) is 0 Å². The quantitative estimate of drug-likeness (QED) is 0.784. The van der Waals surface area contributed by atoms with Crippen LogP contribution >= 0.6 is 11.6 Å². The lowest BCUT2D eigenvalue weighted by Gasteiger charge is -1.96. The minimum Gasteiger partial charge on any atom is -0.390 e. The molecule has 0 saturated heterocycles. The average Bonchev–Trinajstić information content (AvgIpc) is 3.09. The van der Waals surface area contributed by atoms with Gasteiger partial charge in [-0.3, -0.25) is 0 Å². The maximum absolute atomic E-state index is 8.92. The first-order valence-electron chi connectivity index (χ1n) is 5.83. The fourth-order valence-corrected chi connectivity index (χ4v) is 1.91. The molecule has 0 saturated carbocycles. The van der Waals surface area contributed by atoms with Crippen molar-refractivity contribution in [1.29, 1.82) is 0 Å². The number of aliphatic hydroxyl groups is 1. The van der Waals surface area contributed by atoms with Gasteiger partial charge in [0, 0.05) is 0 Å². The number of rotatable bonds is 4. The molecule has 0 fully saturated rings. The summed E-state index contributed by atoms with van der Waals surface area (Å²) in [5.74, 6) is 0.808. The normalized spacial score (nSPS) is 10.9. The second-order valence-corrected chi connectivity index (χ2v) is 4.47. The van der Waals surface area contributed by atoms with Crippen LogP contribution in [0.4, 0.5) is 0 Å². The summed E-state index contributed by atoms with van der Waals surface area (Å²) in [6, 6.07) is 7.23. The van der Waals surface area contributed by atoms with E-state index in [-0.39, 0.29) is 6.61 Å². The second-order valence-electron chi connectivity index (χ2n) is 4.06. The highest BCUT2D eigenvalue weighted by Crippen LogP contribution is 2.25. The Morgan fingerprint density at radius 3 is 2.90 bits per heavy atom. The highest BCUT2D eigenvalue weighted by molar-refractivity contribution is 6.33. The van der Waals surface area contributed by atoms with E-state index in [2.05, 4.69) is 20.5 Å². The molecule has 8 heteroatoms. The molecule has 2 aromatic heterocycles. The zero-order valence-electron chi connectivity index (χ0n) is 10.3. The lowest BCUT2D eigenvalue weighted by molar-refractivity contribution is 0.276. The number of benzene rings is 1.